The molecule has 9 nitrogen and oxygen atoms in total. The molecule has 2 N–H and O–H groups in total. The van der Waals surface area contributed by atoms with E-state index in [2.05, 4.69) is 15.8 Å². The number of nitrogens with one attached hydrogen (secondary N) is 2. The number of carbonyl (C=O) groups is 3. The maximum absolute atomic E-state index is 14.6. The van der Waals surface area contributed by atoms with Gasteiger partial charge in [-0.1, -0.05) is 24.1 Å². The van der Waals surface area contributed by atoms with Crippen LogP contribution < -0.4 is 15.5 Å². The number of benzene rings is 1. The van der Waals surface area contributed by atoms with Gasteiger partial charge in [-0.3, -0.25) is 19.3 Å². The zero-order chi connectivity index (χ0) is 25.7. The lowest BCUT2D eigenvalue weighted by molar-refractivity contribution is -0.128. The van der Waals surface area contributed by atoms with E-state index >= 15 is 0 Å². The molecule has 0 bridgehead atoms. The van der Waals surface area contributed by atoms with Crippen LogP contribution in [0, 0.1) is 19.7 Å². The Morgan fingerprint density at radius 3 is 2.56 bits per heavy atom. The van der Waals surface area contributed by atoms with Gasteiger partial charge in [0, 0.05) is 30.6 Å². The van der Waals surface area contributed by atoms with Gasteiger partial charge in [-0.05, 0) is 56.5 Å². The average molecular weight is 497 g/mol. The summed E-state index contributed by atoms with van der Waals surface area (Å²) in [6, 6.07) is 7.94. The maximum atomic E-state index is 14.6. The topological polar surface area (TPSA) is 118 Å². The second kappa shape index (κ2) is 11.2. The van der Waals surface area contributed by atoms with Crippen molar-refractivity contribution in [2.75, 3.05) is 10.2 Å². The minimum absolute atomic E-state index is 0.00152. The van der Waals surface area contributed by atoms with E-state index in [0.29, 0.717) is 11.3 Å². The quantitative estimate of drug-likeness (QED) is 0.448. The van der Waals surface area contributed by atoms with Gasteiger partial charge < -0.3 is 19.6 Å². The molecule has 0 radical (unpaired) electrons. The second-order valence-corrected chi connectivity index (χ2v) is 8.98. The molecule has 2 aromatic heterocycles. The van der Waals surface area contributed by atoms with Crippen LogP contribution in [0.3, 0.4) is 0 Å². The first-order chi connectivity index (χ1) is 17.3. The number of anilines is 2. The second-order valence-electron chi connectivity index (χ2n) is 8.98. The first-order valence-electron chi connectivity index (χ1n) is 12.0. The van der Waals surface area contributed by atoms with E-state index in [1.165, 1.54) is 17.2 Å². The van der Waals surface area contributed by atoms with Crippen LogP contribution in [0.5, 0.6) is 0 Å². The molecule has 1 aliphatic carbocycles. The molecule has 1 aliphatic rings. The monoisotopic (exact) mass is 496 g/mol. The molecule has 0 saturated heterocycles. The zero-order valence-electron chi connectivity index (χ0n) is 20.3. The van der Waals surface area contributed by atoms with Crippen molar-refractivity contribution in [3.8, 4) is 0 Å². The van der Waals surface area contributed by atoms with Gasteiger partial charge in [0.2, 0.25) is 11.8 Å². The largest absolute Gasteiger partial charge is 0.467 e. The first kappa shape index (κ1) is 25.2. The number of nitrogens with zero attached hydrogens (tertiary/aromatic N) is 2. The Kier molecular flexibility index (Phi) is 7.82. The number of rotatable bonds is 9. The highest BCUT2D eigenvalue weighted by molar-refractivity contribution is 6.03. The molecule has 4 rings (SSSR count). The number of hydrogen-bond donors (Lipinski definition) is 2. The van der Waals surface area contributed by atoms with Gasteiger partial charge >= 0.3 is 0 Å². The van der Waals surface area contributed by atoms with Crippen molar-refractivity contribution >= 4 is 29.2 Å². The molecule has 1 atom stereocenters. The summed E-state index contributed by atoms with van der Waals surface area (Å²) in [7, 11) is 0. The molecule has 0 aliphatic heterocycles. The van der Waals surface area contributed by atoms with Gasteiger partial charge in [0.15, 0.2) is 11.9 Å². The zero-order valence-corrected chi connectivity index (χ0v) is 20.3. The molecular weight excluding hydrogens is 467 g/mol. The predicted octanol–water partition coefficient (Wildman–Crippen LogP) is 4.58. The summed E-state index contributed by atoms with van der Waals surface area (Å²) < 4.78 is 25.0. The fourth-order valence-corrected chi connectivity index (χ4v) is 4.31. The molecular formula is C26H29FN4O5. The normalized spacial score (nSPS) is 14.4. The summed E-state index contributed by atoms with van der Waals surface area (Å²) in [5.41, 5.74) is 0.594. The molecule has 10 heteroatoms. The molecule has 1 saturated carbocycles. The molecule has 0 spiro atoms. The lowest BCUT2D eigenvalue weighted by Crippen LogP contribution is -2.46. The first-order valence-corrected chi connectivity index (χ1v) is 12.0. The minimum atomic E-state index is -1.17. The van der Waals surface area contributed by atoms with Crippen LogP contribution in [0.25, 0.3) is 0 Å². The lowest BCUT2D eigenvalue weighted by atomic mass is 10.1. The lowest BCUT2D eigenvalue weighted by Gasteiger charge is -2.31. The van der Waals surface area contributed by atoms with Crippen LogP contribution in [0.1, 0.15) is 61.7 Å². The highest BCUT2D eigenvalue weighted by Crippen LogP contribution is 2.31. The van der Waals surface area contributed by atoms with E-state index in [0.717, 1.165) is 25.7 Å². The third-order valence-corrected chi connectivity index (χ3v) is 6.18. The van der Waals surface area contributed by atoms with Crippen LogP contribution in [0.2, 0.25) is 0 Å². The SMILES string of the molecule is Cc1cc(NC(=O)CCC(=O)N(c2ccc(C)c(F)c2)[C@@H](C(=O)NC2CCCC2)c2ccco2)no1. The molecule has 190 valence electrons. The molecule has 3 amide bonds. The fraction of sp³-hybridized carbons (Fsp3) is 0.385. The van der Waals surface area contributed by atoms with Crippen LogP contribution in [0.15, 0.2) is 51.6 Å². The van der Waals surface area contributed by atoms with Crippen LogP contribution in [0.4, 0.5) is 15.9 Å². The summed E-state index contributed by atoms with van der Waals surface area (Å²) in [5.74, 6) is -0.908. The maximum Gasteiger partial charge on any atom is 0.251 e. The van der Waals surface area contributed by atoms with E-state index in [1.807, 2.05) is 0 Å². The number of aromatic nitrogens is 1. The molecule has 0 unspecified atom stereocenters. The summed E-state index contributed by atoms with van der Waals surface area (Å²) >= 11 is 0. The Morgan fingerprint density at radius 1 is 1.14 bits per heavy atom. The molecule has 3 aromatic rings. The van der Waals surface area contributed by atoms with Crippen molar-refractivity contribution < 1.29 is 27.7 Å². The molecule has 1 aromatic carbocycles. The van der Waals surface area contributed by atoms with E-state index in [-0.39, 0.29) is 36.1 Å². The molecule has 1 fully saturated rings. The van der Waals surface area contributed by atoms with Gasteiger partial charge in [-0.2, -0.15) is 0 Å². The molecule has 2 heterocycles. The summed E-state index contributed by atoms with van der Waals surface area (Å²) in [6.07, 6.45) is 4.75. The van der Waals surface area contributed by atoms with Gasteiger partial charge in [-0.15, -0.1) is 0 Å². The fourth-order valence-electron chi connectivity index (χ4n) is 4.31. The Morgan fingerprint density at radius 2 is 1.92 bits per heavy atom. The summed E-state index contributed by atoms with van der Waals surface area (Å²) in [6.45, 7) is 3.30. The Hall–Kier alpha value is -3.95. The number of halogens is 1. The van der Waals surface area contributed by atoms with Gasteiger partial charge in [0.05, 0.1) is 6.26 Å². The van der Waals surface area contributed by atoms with Crippen LogP contribution in [-0.4, -0.2) is 28.9 Å². The number of hydrogen-bond acceptors (Lipinski definition) is 6. The highest BCUT2D eigenvalue weighted by Gasteiger charge is 2.36. The van der Waals surface area contributed by atoms with Gasteiger partial charge in [0.25, 0.3) is 5.91 Å². The minimum Gasteiger partial charge on any atom is -0.467 e. The van der Waals surface area contributed by atoms with Gasteiger partial charge in [-0.25, -0.2) is 4.39 Å². The van der Waals surface area contributed by atoms with E-state index < -0.39 is 29.6 Å². The molecule has 36 heavy (non-hydrogen) atoms. The average Bonchev–Trinajstić information content (AvgIpc) is 3.62. The predicted molar refractivity (Wildman–Crippen MR) is 130 cm³/mol. The van der Waals surface area contributed by atoms with Crippen LogP contribution >= 0.6 is 0 Å². The number of amides is 3. The van der Waals surface area contributed by atoms with Gasteiger partial charge in [0.1, 0.15) is 17.3 Å². The van der Waals surface area contributed by atoms with Crippen molar-refractivity contribution in [2.24, 2.45) is 0 Å². The summed E-state index contributed by atoms with van der Waals surface area (Å²) in [4.78, 5) is 40.7. The summed E-state index contributed by atoms with van der Waals surface area (Å²) in [5, 5.41) is 9.29. The van der Waals surface area contributed by atoms with Crippen molar-refractivity contribution in [3.05, 3.63) is 65.6 Å². The van der Waals surface area contributed by atoms with Crippen LogP contribution in [-0.2, 0) is 14.4 Å². The highest BCUT2D eigenvalue weighted by atomic mass is 19.1. The van der Waals surface area contributed by atoms with Crippen molar-refractivity contribution in [3.63, 3.8) is 0 Å². The Labute approximate surface area is 208 Å². The number of carbonyl (C=O) groups excluding carboxylic acids is 3. The smallest absolute Gasteiger partial charge is 0.251 e. The van der Waals surface area contributed by atoms with E-state index in [4.69, 9.17) is 8.94 Å². The standard InChI is InChI=1S/C26H29FN4O5/c1-16-9-10-19(15-20(16)27)31(24(33)12-11-23(32)29-22-14-17(2)36-30-22)25(21-8-5-13-35-21)26(34)28-18-6-3-4-7-18/h5,8-10,13-15,18,25H,3-4,6-7,11-12H2,1-2H3,(H,28,34)(H,29,30,32)/t25-/m1/s1. The van der Waals surface area contributed by atoms with Crippen molar-refractivity contribution in [1.29, 1.82) is 0 Å². The van der Waals surface area contributed by atoms with Crippen molar-refractivity contribution in [1.82, 2.24) is 10.5 Å². The Bertz CT molecular complexity index is 1220. The Balaban J connectivity index is 1.60. The number of furan rings is 1. The third kappa shape index (κ3) is 5.99. The van der Waals surface area contributed by atoms with E-state index in [1.54, 1.807) is 44.2 Å². The van der Waals surface area contributed by atoms with E-state index in [9.17, 15) is 18.8 Å². The van der Waals surface area contributed by atoms with Crippen molar-refractivity contribution in [2.45, 2.75) is 64.5 Å². The third-order valence-electron chi connectivity index (χ3n) is 6.18. The number of aryl methyl sites for hydroxylation is 2.